The van der Waals surface area contributed by atoms with Crippen LogP contribution < -0.4 is 0 Å². The highest BCUT2D eigenvalue weighted by Gasteiger charge is 2.24. The number of hydrogen-bond donors (Lipinski definition) is 0. The van der Waals surface area contributed by atoms with Gasteiger partial charge in [0.15, 0.2) is 0 Å². The molecular weight excluding hydrogens is 284 g/mol. The number of benzene rings is 1. The quantitative estimate of drug-likeness (QED) is 0.781. The SMILES string of the molecule is CC1CC(=O)OC(c2cccc(C3=NC(C)CC(=O)O3)c2)=N1. The zero-order chi connectivity index (χ0) is 15.7. The normalized spacial score (nSPS) is 25.0. The first-order valence-electron chi connectivity index (χ1n) is 7.19. The van der Waals surface area contributed by atoms with Crippen LogP contribution in [0.15, 0.2) is 34.3 Å². The summed E-state index contributed by atoms with van der Waals surface area (Å²) in [6.45, 7) is 3.72. The van der Waals surface area contributed by atoms with E-state index in [1.807, 2.05) is 13.8 Å². The van der Waals surface area contributed by atoms with E-state index in [4.69, 9.17) is 9.47 Å². The van der Waals surface area contributed by atoms with E-state index in [9.17, 15) is 9.59 Å². The van der Waals surface area contributed by atoms with Gasteiger partial charge in [-0.15, -0.1) is 0 Å². The minimum absolute atomic E-state index is 0.107. The number of esters is 2. The van der Waals surface area contributed by atoms with Gasteiger partial charge in [-0.05, 0) is 32.0 Å². The van der Waals surface area contributed by atoms with Gasteiger partial charge in [-0.1, -0.05) is 6.07 Å². The monoisotopic (exact) mass is 300 g/mol. The van der Waals surface area contributed by atoms with Crippen LogP contribution in [-0.4, -0.2) is 35.8 Å². The van der Waals surface area contributed by atoms with Gasteiger partial charge < -0.3 is 9.47 Å². The Morgan fingerprint density at radius 3 is 1.77 bits per heavy atom. The molecule has 0 aromatic heterocycles. The minimum Gasteiger partial charge on any atom is -0.407 e. The van der Waals surface area contributed by atoms with Crippen molar-refractivity contribution in [2.75, 3.05) is 0 Å². The molecule has 2 heterocycles. The maximum Gasteiger partial charge on any atom is 0.314 e. The van der Waals surface area contributed by atoms with E-state index in [0.717, 1.165) is 0 Å². The first-order chi connectivity index (χ1) is 10.5. The number of carbonyl (C=O) groups excluding carboxylic acids is 2. The third-order valence-electron chi connectivity index (χ3n) is 3.38. The van der Waals surface area contributed by atoms with Crippen LogP contribution in [0.4, 0.5) is 0 Å². The second-order valence-electron chi connectivity index (χ2n) is 5.50. The standard InChI is InChI=1S/C16H16N2O4/c1-9-6-13(19)21-15(17-9)11-4-3-5-12(8-11)16-18-10(2)7-14(20)22-16/h3-5,8-10H,6-7H2,1-2H3. The van der Waals surface area contributed by atoms with Crippen molar-refractivity contribution in [2.45, 2.75) is 38.8 Å². The topological polar surface area (TPSA) is 77.3 Å². The molecule has 1 aromatic rings. The summed E-state index contributed by atoms with van der Waals surface area (Å²) < 4.78 is 10.4. The molecule has 0 N–H and O–H groups in total. The molecule has 1 aromatic carbocycles. The van der Waals surface area contributed by atoms with Crippen LogP contribution in [0.5, 0.6) is 0 Å². The van der Waals surface area contributed by atoms with Gasteiger partial charge in [0.1, 0.15) is 0 Å². The van der Waals surface area contributed by atoms with E-state index in [-0.39, 0.29) is 36.9 Å². The summed E-state index contributed by atoms with van der Waals surface area (Å²) in [4.78, 5) is 31.8. The molecule has 6 heteroatoms. The second-order valence-corrected chi connectivity index (χ2v) is 5.50. The molecule has 0 aliphatic carbocycles. The van der Waals surface area contributed by atoms with Gasteiger partial charge in [-0.3, -0.25) is 9.59 Å². The fourth-order valence-corrected chi connectivity index (χ4v) is 2.38. The van der Waals surface area contributed by atoms with E-state index in [2.05, 4.69) is 9.98 Å². The molecule has 114 valence electrons. The average Bonchev–Trinajstić information content (AvgIpc) is 2.45. The second kappa shape index (κ2) is 5.71. The molecule has 22 heavy (non-hydrogen) atoms. The van der Waals surface area contributed by atoms with Gasteiger partial charge in [-0.2, -0.15) is 0 Å². The Balaban J connectivity index is 1.93. The Morgan fingerprint density at radius 1 is 0.909 bits per heavy atom. The van der Waals surface area contributed by atoms with Crippen LogP contribution in [0.1, 0.15) is 37.8 Å². The van der Waals surface area contributed by atoms with Gasteiger partial charge in [0.2, 0.25) is 11.8 Å². The molecule has 6 nitrogen and oxygen atoms in total. The van der Waals surface area contributed by atoms with Gasteiger partial charge in [0, 0.05) is 11.1 Å². The van der Waals surface area contributed by atoms with Crippen LogP contribution in [0.3, 0.4) is 0 Å². The maximum atomic E-state index is 11.5. The smallest absolute Gasteiger partial charge is 0.314 e. The number of rotatable bonds is 2. The van der Waals surface area contributed by atoms with Crippen molar-refractivity contribution in [1.82, 2.24) is 0 Å². The van der Waals surface area contributed by atoms with Crippen LogP contribution >= 0.6 is 0 Å². The van der Waals surface area contributed by atoms with Crippen molar-refractivity contribution in [1.29, 1.82) is 0 Å². The summed E-state index contributed by atoms with van der Waals surface area (Å²) in [6, 6.07) is 6.92. The van der Waals surface area contributed by atoms with Crippen LogP contribution in [0.25, 0.3) is 0 Å². The highest BCUT2D eigenvalue weighted by Crippen LogP contribution is 2.18. The zero-order valence-electron chi connectivity index (χ0n) is 12.4. The number of cyclic esters (lactones) is 2. The number of nitrogens with zero attached hydrogens (tertiary/aromatic N) is 2. The van der Waals surface area contributed by atoms with Crippen molar-refractivity contribution < 1.29 is 19.1 Å². The van der Waals surface area contributed by atoms with E-state index < -0.39 is 0 Å². The van der Waals surface area contributed by atoms with E-state index in [1.54, 1.807) is 24.3 Å². The fourth-order valence-electron chi connectivity index (χ4n) is 2.38. The summed E-state index contributed by atoms with van der Waals surface area (Å²) in [5, 5.41) is 0. The number of carbonyl (C=O) groups is 2. The number of aliphatic imine (C=N–C) groups is 2. The van der Waals surface area contributed by atoms with E-state index in [0.29, 0.717) is 22.9 Å². The van der Waals surface area contributed by atoms with Crippen molar-refractivity contribution in [2.24, 2.45) is 9.98 Å². The predicted molar refractivity (Wildman–Crippen MR) is 79.9 cm³/mol. The number of hydrogen-bond acceptors (Lipinski definition) is 6. The lowest BCUT2D eigenvalue weighted by Crippen LogP contribution is -2.26. The van der Waals surface area contributed by atoms with Crippen LogP contribution in [0.2, 0.25) is 0 Å². The predicted octanol–water partition coefficient (Wildman–Crippen LogP) is 1.85. The zero-order valence-corrected chi connectivity index (χ0v) is 12.4. The minimum atomic E-state index is -0.294. The third-order valence-corrected chi connectivity index (χ3v) is 3.38. The molecule has 0 saturated carbocycles. The summed E-state index contributed by atoms with van der Waals surface area (Å²) >= 11 is 0. The van der Waals surface area contributed by atoms with Crippen LogP contribution in [-0.2, 0) is 19.1 Å². The van der Waals surface area contributed by atoms with E-state index in [1.165, 1.54) is 0 Å². The highest BCUT2D eigenvalue weighted by molar-refractivity contribution is 6.06. The summed E-state index contributed by atoms with van der Waals surface area (Å²) in [5.74, 6) is -0.00121. The molecule has 3 rings (SSSR count). The lowest BCUT2D eigenvalue weighted by Gasteiger charge is -2.19. The molecule has 0 saturated heterocycles. The van der Waals surface area contributed by atoms with Crippen LogP contribution in [0, 0.1) is 0 Å². The van der Waals surface area contributed by atoms with Gasteiger partial charge >= 0.3 is 11.9 Å². The maximum absolute atomic E-state index is 11.5. The summed E-state index contributed by atoms with van der Waals surface area (Å²) in [6.07, 6.45) is 0.566. The average molecular weight is 300 g/mol. The Hall–Kier alpha value is -2.50. The molecule has 2 aliphatic rings. The highest BCUT2D eigenvalue weighted by atomic mass is 16.5. The molecule has 0 amide bonds. The largest absolute Gasteiger partial charge is 0.407 e. The molecule has 2 unspecified atom stereocenters. The molecule has 2 aliphatic heterocycles. The molecule has 0 spiro atoms. The molecular formula is C16H16N2O4. The van der Waals surface area contributed by atoms with Crippen molar-refractivity contribution in [3.8, 4) is 0 Å². The lowest BCUT2D eigenvalue weighted by atomic mass is 10.1. The van der Waals surface area contributed by atoms with Gasteiger partial charge in [-0.25, -0.2) is 9.98 Å². The van der Waals surface area contributed by atoms with Crippen molar-refractivity contribution >= 4 is 23.7 Å². The molecule has 2 atom stereocenters. The molecule has 0 fully saturated rings. The van der Waals surface area contributed by atoms with Crippen molar-refractivity contribution in [3.05, 3.63) is 35.4 Å². The third kappa shape index (κ3) is 3.05. The van der Waals surface area contributed by atoms with E-state index >= 15 is 0 Å². The van der Waals surface area contributed by atoms with Gasteiger partial charge in [0.05, 0.1) is 24.9 Å². The van der Waals surface area contributed by atoms with Crippen molar-refractivity contribution in [3.63, 3.8) is 0 Å². The molecule has 0 bridgehead atoms. The Bertz CT molecular complexity index is 638. The Labute approximate surface area is 127 Å². The first-order valence-corrected chi connectivity index (χ1v) is 7.19. The number of ether oxygens (including phenoxy) is 2. The van der Waals surface area contributed by atoms with Gasteiger partial charge in [0.25, 0.3) is 0 Å². The fraction of sp³-hybridized carbons (Fsp3) is 0.375. The first kappa shape index (κ1) is 14.4. The Kier molecular flexibility index (Phi) is 3.75. The molecule has 0 radical (unpaired) electrons. The summed E-state index contributed by atoms with van der Waals surface area (Å²) in [7, 11) is 0. The lowest BCUT2D eigenvalue weighted by molar-refractivity contribution is -0.137. The Morgan fingerprint density at radius 2 is 1.36 bits per heavy atom. The summed E-state index contributed by atoms with van der Waals surface area (Å²) in [5.41, 5.74) is 1.32.